The zero-order valence-electron chi connectivity index (χ0n) is 13.7. The molecule has 6 nitrogen and oxygen atoms in total. The molecule has 7 heteroatoms. The number of hydrazone groups is 1. The molecule has 0 heterocycles. The molecule has 0 unspecified atom stereocenters. The highest BCUT2D eigenvalue weighted by molar-refractivity contribution is 6.33. The number of ether oxygens (including phenoxy) is 1. The van der Waals surface area contributed by atoms with Crippen molar-refractivity contribution in [3.05, 3.63) is 64.7 Å². The van der Waals surface area contributed by atoms with Gasteiger partial charge in [-0.15, -0.1) is 0 Å². The van der Waals surface area contributed by atoms with Gasteiger partial charge in [-0.05, 0) is 23.8 Å². The molecule has 0 fully saturated rings. The highest BCUT2D eigenvalue weighted by Crippen LogP contribution is 2.12. The van der Waals surface area contributed by atoms with Crippen LogP contribution < -0.4 is 15.5 Å². The minimum absolute atomic E-state index is 0.158. The monoisotopic (exact) mass is 359 g/mol. The molecule has 0 saturated carbocycles. The van der Waals surface area contributed by atoms with Crippen molar-refractivity contribution in [1.82, 2.24) is 10.7 Å². The summed E-state index contributed by atoms with van der Waals surface area (Å²) in [4.78, 5) is 23.5. The Hall–Kier alpha value is -2.86. The van der Waals surface area contributed by atoms with Gasteiger partial charge in [-0.1, -0.05) is 41.9 Å². The number of benzene rings is 2. The molecule has 130 valence electrons. The van der Waals surface area contributed by atoms with E-state index < -0.39 is 5.91 Å². The third-order valence-corrected chi connectivity index (χ3v) is 3.61. The number of halogens is 1. The van der Waals surface area contributed by atoms with E-state index in [2.05, 4.69) is 15.8 Å². The van der Waals surface area contributed by atoms with E-state index in [1.54, 1.807) is 49.6 Å². The van der Waals surface area contributed by atoms with Crippen LogP contribution in [0.3, 0.4) is 0 Å². The van der Waals surface area contributed by atoms with Gasteiger partial charge in [0, 0.05) is 10.6 Å². The predicted octanol–water partition coefficient (Wildman–Crippen LogP) is 2.16. The lowest BCUT2D eigenvalue weighted by molar-refractivity contribution is -0.125. The Morgan fingerprint density at radius 1 is 1.12 bits per heavy atom. The maximum absolute atomic E-state index is 11.8. The molecule has 0 radical (unpaired) electrons. The van der Waals surface area contributed by atoms with Gasteiger partial charge >= 0.3 is 0 Å². The summed E-state index contributed by atoms with van der Waals surface area (Å²) in [5.74, 6) is 0.0432. The second kappa shape index (κ2) is 9.44. The third kappa shape index (κ3) is 6.27. The van der Waals surface area contributed by atoms with Gasteiger partial charge in [0.2, 0.25) is 5.91 Å². The Balaban J connectivity index is 1.73. The van der Waals surface area contributed by atoms with E-state index in [0.29, 0.717) is 10.6 Å². The number of hydrogen-bond acceptors (Lipinski definition) is 4. The fraction of sp³-hybridized carbons (Fsp3) is 0.167. The van der Waals surface area contributed by atoms with E-state index in [-0.39, 0.29) is 18.9 Å². The summed E-state index contributed by atoms with van der Waals surface area (Å²) in [5, 5.41) is 6.88. The smallest absolute Gasteiger partial charge is 0.259 e. The number of rotatable bonds is 7. The normalized spacial score (nSPS) is 10.5. The van der Waals surface area contributed by atoms with Crippen molar-refractivity contribution in [2.24, 2.45) is 5.10 Å². The molecule has 0 bridgehead atoms. The van der Waals surface area contributed by atoms with Gasteiger partial charge in [-0.2, -0.15) is 5.10 Å². The van der Waals surface area contributed by atoms with Crippen LogP contribution in [-0.2, 0) is 16.0 Å². The molecule has 2 N–H and O–H groups in total. The van der Waals surface area contributed by atoms with Crippen molar-refractivity contribution >= 4 is 29.6 Å². The van der Waals surface area contributed by atoms with Gasteiger partial charge in [-0.25, -0.2) is 5.43 Å². The number of methoxy groups -OCH3 is 1. The Morgan fingerprint density at radius 2 is 1.84 bits per heavy atom. The van der Waals surface area contributed by atoms with E-state index in [1.165, 1.54) is 6.21 Å². The van der Waals surface area contributed by atoms with Crippen LogP contribution in [0.4, 0.5) is 0 Å². The van der Waals surface area contributed by atoms with Gasteiger partial charge in [0.15, 0.2) is 0 Å². The summed E-state index contributed by atoms with van der Waals surface area (Å²) in [6.07, 6.45) is 1.62. The first-order chi connectivity index (χ1) is 12.1. The van der Waals surface area contributed by atoms with Gasteiger partial charge in [0.25, 0.3) is 5.91 Å². The largest absolute Gasteiger partial charge is 0.497 e. The molecule has 0 aromatic heterocycles. The first kappa shape index (κ1) is 18.5. The summed E-state index contributed by atoms with van der Waals surface area (Å²) < 4.78 is 5.05. The quantitative estimate of drug-likeness (QED) is 0.587. The maximum Gasteiger partial charge on any atom is 0.259 e. The summed E-state index contributed by atoms with van der Waals surface area (Å²) in [6, 6.07) is 14.3. The van der Waals surface area contributed by atoms with E-state index >= 15 is 0 Å². The average Bonchev–Trinajstić information content (AvgIpc) is 2.62. The van der Waals surface area contributed by atoms with Crippen molar-refractivity contribution in [1.29, 1.82) is 0 Å². The van der Waals surface area contributed by atoms with Gasteiger partial charge in [0.05, 0.1) is 26.3 Å². The van der Waals surface area contributed by atoms with Crippen molar-refractivity contribution in [3.63, 3.8) is 0 Å². The summed E-state index contributed by atoms with van der Waals surface area (Å²) >= 11 is 5.97. The number of carbonyl (C=O) groups is 2. The van der Waals surface area contributed by atoms with Crippen LogP contribution in [0.5, 0.6) is 5.75 Å². The molecule has 2 aromatic carbocycles. The molecular formula is C18H18ClN3O3. The fourth-order valence-electron chi connectivity index (χ4n) is 1.96. The minimum Gasteiger partial charge on any atom is -0.497 e. The Labute approximate surface area is 150 Å². The van der Waals surface area contributed by atoms with Crippen molar-refractivity contribution < 1.29 is 14.3 Å². The number of nitrogens with zero attached hydrogens (tertiary/aromatic N) is 1. The molecule has 0 atom stereocenters. The lowest BCUT2D eigenvalue weighted by atomic mass is 10.1. The Bertz CT molecular complexity index is 760. The average molecular weight is 360 g/mol. The Morgan fingerprint density at radius 3 is 2.52 bits per heavy atom. The highest BCUT2D eigenvalue weighted by atomic mass is 35.5. The van der Waals surface area contributed by atoms with Crippen LogP contribution in [0.15, 0.2) is 53.6 Å². The van der Waals surface area contributed by atoms with Crippen LogP contribution in [0.2, 0.25) is 5.02 Å². The van der Waals surface area contributed by atoms with Crippen LogP contribution >= 0.6 is 11.6 Å². The molecule has 2 aromatic rings. The van der Waals surface area contributed by atoms with Crippen molar-refractivity contribution in [3.8, 4) is 5.75 Å². The van der Waals surface area contributed by atoms with Crippen LogP contribution in [0, 0.1) is 0 Å². The first-order valence-electron chi connectivity index (χ1n) is 7.54. The van der Waals surface area contributed by atoms with Crippen molar-refractivity contribution in [2.75, 3.05) is 13.7 Å². The van der Waals surface area contributed by atoms with Crippen LogP contribution in [0.1, 0.15) is 11.1 Å². The summed E-state index contributed by atoms with van der Waals surface area (Å²) in [5.41, 5.74) is 3.85. The third-order valence-electron chi connectivity index (χ3n) is 3.27. The van der Waals surface area contributed by atoms with Gasteiger partial charge < -0.3 is 10.1 Å². The number of hydrogen-bond donors (Lipinski definition) is 2. The Kier molecular flexibility index (Phi) is 6.98. The second-order valence-electron chi connectivity index (χ2n) is 5.12. The second-order valence-corrected chi connectivity index (χ2v) is 5.52. The number of carbonyl (C=O) groups excluding carboxylic acids is 2. The zero-order valence-corrected chi connectivity index (χ0v) is 14.4. The van der Waals surface area contributed by atoms with Crippen LogP contribution in [-0.4, -0.2) is 31.7 Å². The lowest BCUT2D eigenvalue weighted by Crippen LogP contribution is -2.35. The molecular weight excluding hydrogens is 342 g/mol. The molecule has 2 rings (SSSR count). The van der Waals surface area contributed by atoms with Gasteiger partial charge in [-0.3, -0.25) is 9.59 Å². The van der Waals surface area contributed by atoms with Gasteiger partial charge in [0.1, 0.15) is 5.75 Å². The standard InChI is InChI=1S/C18H18ClN3O3/c1-25-15-8-6-13(7-9-15)10-17(23)20-12-18(24)22-21-11-14-4-2-3-5-16(14)19/h2-9,11H,10,12H2,1H3,(H,20,23)(H,22,24)/b21-11+. The predicted molar refractivity (Wildman–Crippen MR) is 96.9 cm³/mol. The molecule has 0 aliphatic carbocycles. The lowest BCUT2D eigenvalue weighted by Gasteiger charge is -2.05. The fourth-order valence-corrected chi connectivity index (χ4v) is 2.15. The zero-order chi connectivity index (χ0) is 18.1. The SMILES string of the molecule is COc1ccc(CC(=O)NCC(=O)N/N=C/c2ccccc2Cl)cc1. The van der Waals surface area contributed by atoms with Crippen molar-refractivity contribution in [2.45, 2.75) is 6.42 Å². The van der Waals surface area contributed by atoms with E-state index in [4.69, 9.17) is 16.3 Å². The van der Waals surface area contributed by atoms with E-state index in [1.807, 2.05) is 6.07 Å². The molecule has 0 spiro atoms. The summed E-state index contributed by atoms with van der Waals surface area (Å²) in [7, 11) is 1.58. The molecule has 0 aliphatic heterocycles. The molecule has 25 heavy (non-hydrogen) atoms. The van der Waals surface area contributed by atoms with Crippen LogP contribution in [0.25, 0.3) is 0 Å². The molecule has 0 aliphatic rings. The minimum atomic E-state index is -0.425. The van der Waals surface area contributed by atoms with E-state index in [9.17, 15) is 9.59 Å². The number of amides is 2. The number of nitrogens with one attached hydrogen (secondary N) is 2. The van der Waals surface area contributed by atoms with E-state index in [0.717, 1.165) is 11.3 Å². The maximum atomic E-state index is 11.8. The topological polar surface area (TPSA) is 79.8 Å². The first-order valence-corrected chi connectivity index (χ1v) is 7.92. The molecule has 2 amide bonds. The highest BCUT2D eigenvalue weighted by Gasteiger charge is 2.06. The molecule has 0 saturated heterocycles. The summed E-state index contributed by atoms with van der Waals surface area (Å²) in [6.45, 7) is -0.158.